The Kier molecular flexibility index (Phi) is 6.26. The molecular weight excluding hydrogens is 232 g/mol. The van der Waals surface area contributed by atoms with Crippen LogP contribution < -0.4 is 0 Å². The molecule has 1 unspecified atom stereocenters. The number of aliphatic hydroxyl groups excluding tert-OH is 2. The van der Waals surface area contributed by atoms with Gasteiger partial charge in [-0.15, -0.1) is 0 Å². The maximum absolute atomic E-state index is 12.4. The van der Waals surface area contributed by atoms with Gasteiger partial charge in [0.2, 0.25) is 0 Å². The summed E-state index contributed by atoms with van der Waals surface area (Å²) in [5, 5.41) is 18.3. The van der Waals surface area contributed by atoms with Crippen molar-refractivity contribution in [1.29, 1.82) is 0 Å². The lowest BCUT2D eigenvalue weighted by Gasteiger charge is -2.39. The van der Waals surface area contributed by atoms with E-state index in [2.05, 4.69) is 0 Å². The van der Waals surface area contributed by atoms with Crippen LogP contribution in [-0.4, -0.2) is 67.6 Å². The van der Waals surface area contributed by atoms with E-state index in [1.54, 1.807) is 0 Å². The predicted octanol–water partition coefficient (Wildman–Crippen LogP) is 0.335. The molecule has 0 saturated carbocycles. The van der Waals surface area contributed by atoms with E-state index in [4.69, 9.17) is 9.84 Å². The van der Waals surface area contributed by atoms with Crippen LogP contribution in [0.15, 0.2) is 0 Å². The third-order valence-electron chi connectivity index (χ3n) is 3.11. The smallest absolute Gasteiger partial charge is 0.251 e. The van der Waals surface area contributed by atoms with E-state index >= 15 is 0 Å². The average molecular weight is 253 g/mol. The van der Waals surface area contributed by atoms with Gasteiger partial charge in [0.05, 0.1) is 26.4 Å². The minimum Gasteiger partial charge on any atom is -0.396 e. The maximum atomic E-state index is 12.4. The molecule has 0 amide bonds. The zero-order valence-corrected chi connectivity index (χ0v) is 9.95. The molecule has 1 heterocycles. The Morgan fingerprint density at radius 3 is 2.59 bits per heavy atom. The SMILES string of the molecule is OCCN(CC(F)F)CC1(CO)CCCOC1. The lowest BCUT2D eigenvalue weighted by atomic mass is 9.83. The first-order chi connectivity index (χ1) is 8.12. The van der Waals surface area contributed by atoms with Gasteiger partial charge in [-0.1, -0.05) is 0 Å². The zero-order valence-electron chi connectivity index (χ0n) is 9.95. The van der Waals surface area contributed by atoms with Gasteiger partial charge in [-0.2, -0.15) is 0 Å². The van der Waals surface area contributed by atoms with E-state index in [9.17, 15) is 13.9 Å². The molecule has 1 aliphatic heterocycles. The second kappa shape index (κ2) is 7.20. The summed E-state index contributed by atoms with van der Waals surface area (Å²) in [5.41, 5.74) is -0.456. The third-order valence-corrected chi connectivity index (χ3v) is 3.11. The van der Waals surface area contributed by atoms with E-state index in [0.717, 1.165) is 12.8 Å². The van der Waals surface area contributed by atoms with E-state index in [0.29, 0.717) is 19.8 Å². The zero-order chi connectivity index (χ0) is 12.7. The van der Waals surface area contributed by atoms with Crippen molar-refractivity contribution in [3.05, 3.63) is 0 Å². The quantitative estimate of drug-likeness (QED) is 0.687. The Morgan fingerprint density at radius 1 is 1.35 bits per heavy atom. The van der Waals surface area contributed by atoms with Gasteiger partial charge in [-0.3, -0.25) is 4.90 Å². The van der Waals surface area contributed by atoms with Gasteiger partial charge in [0.25, 0.3) is 6.43 Å². The highest BCUT2D eigenvalue weighted by Crippen LogP contribution is 2.29. The molecule has 2 N–H and O–H groups in total. The molecule has 0 aliphatic carbocycles. The van der Waals surface area contributed by atoms with Gasteiger partial charge in [-0.25, -0.2) is 8.78 Å². The van der Waals surface area contributed by atoms with Crippen LogP contribution in [0.4, 0.5) is 8.78 Å². The van der Waals surface area contributed by atoms with Crippen LogP contribution in [0.1, 0.15) is 12.8 Å². The van der Waals surface area contributed by atoms with Crippen molar-refractivity contribution in [2.24, 2.45) is 5.41 Å². The normalized spacial score (nSPS) is 25.8. The number of halogens is 2. The third kappa shape index (κ3) is 4.83. The van der Waals surface area contributed by atoms with Crippen molar-refractivity contribution in [3.8, 4) is 0 Å². The second-order valence-electron chi connectivity index (χ2n) is 4.66. The van der Waals surface area contributed by atoms with Crippen LogP contribution in [-0.2, 0) is 4.74 Å². The summed E-state index contributed by atoms with van der Waals surface area (Å²) in [6.07, 6.45) is -0.821. The van der Waals surface area contributed by atoms with Crippen LogP contribution in [0, 0.1) is 5.41 Å². The molecule has 0 bridgehead atoms. The summed E-state index contributed by atoms with van der Waals surface area (Å²) in [5.74, 6) is 0. The second-order valence-corrected chi connectivity index (χ2v) is 4.66. The van der Waals surface area contributed by atoms with Crippen molar-refractivity contribution in [2.45, 2.75) is 19.3 Å². The summed E-state index contributed by atoms with van der Waals surface area (Å²) in [6, 6.07) is 0. The molecule has 0 spiro atoms. The van der Waals surface area contributed by atoms with Crippen LogP contribution in [0.25, 0.3) is 0 Å². The maximum Gasteiger partial charge on any atom is 0.251 e. The Hall–Kier alpha value is -0.300. The Balaban J connectivity index is 2.55. The molecule has 0 aromatic heterocycles. The molecular formula is C11H21F2NO3. The van der Waals surface area contributed by atoms with Gasteiger partial charge in [-0.05, 0) is 12.8 Å². The molecule has 1 atom stereocenters. The van der Waals surface area contributed by atoms with Crippen LogP contribution >= 0.6 is 0 Å². The molecule has 102 valence electrons. The van der Waals surface area contributed by atoms with E-state index < -0.39 is 11.8 Å². The summed E-state index contributed by atoms with van der Waals surface area (Å²) in [7, 11) is 0. The summed E-state index contributed by atoms with van der Waals surface area (Å²) >= 11 is 0. The first-order valence-electron chi connectivity index (χ1n) is 5.92. The molecule has 4 nitrogen and oxygen atoms in total. The van der Waals surface area contributed by atoms with Crippen molar-refractivity contribution in [2.75, 3.05) is 46.1 Å². The van der Waals surface area contributed by atoms with Crippen LogP contribution in [0.5, 0.6) is 0 Å². The topological polar surface area (TPSA) is 52.9 Å². The lowest BCUT2D eigenvalue weighted by Crippen LogP contribution is -2.47. The van der Waals surface area contributed by atoms with Gasteiger partial charge in [0.15, 0.2) is 0 Å². The van der Waals surface area contributed by atoms with E-state index in [1.165, 1.54) is 4.90 Å². The predicted molar refractivity (Wildman–Crippen MR) is 59.1 cm³/mol. The Labute approximate surface area is 100 Å². The van der Waals surface area contributed by atoms with Gasteiger partial charge in [0, 0.05) is 25.1 Å². The summed E-state index contributed by atoms with van der Waals surface area (Å²) in [6.45, 7) is 1.00. The van der Waals surface area contributed by atoms with E-state index in [1.807, 2.05) is 0 Å². The number of hydrogen-bond acceptors (Lipinski definition) is 4. The fourth-order valence-electron chi connectivity index (χ4n) is 2.26. The highest BCUT2D eigenvalue weighted by molar-refractivity contribution is 4.85. The molecule has 6 heteroatoms. The standard InChI is InChI=1S/C11H21F2NO3/c12-10(13)6-14(3-4-15)7-11(8-16)2-1-5-17-9-11/h10,15-16H,1-9H2. The van der Waals surface area contributed by atoms with Gasteiger partial charge in [0.1, 0.15) is 0 Å². The van der Waals surface area contributed by atoms with Crippen molar-refractivity contribution in [1.82, 2.24) is 4.90 Å². The Bertz CT molecular complexity index is 211. The Morgan fingerprint density at radius 2 is 2.12 bits per heavy atom. The molecule has 0 radical (unpaired) electrons. The molecule has 17 heavy (non-hydrogen) atoms. The molecule has 1 fully saturated rings. The monoisotopic (exact) mass is 253 g/mol. The van der Waals surface area contributed by atoms with Gasteiger partial charge < -0.3 is 14.9 Å². The molecule has 1 aliphatic rings. The van der Waals surface area contributed by atoms with Crippen LogP contribution in [0.2, 0.25) is 0 Å². The van der Waals surface area contributed by atoms with Crippen molar-refractivity contribution >= 4 is 0 Å². The highest BCUT2D eigenvalue weighted by Gasteiger charge is 2.34. The minimum absolute atomic E-state index is 0.0713. The molecule has 0 aromatic rings. The number of ether oxygens (including phenoxy) is 1. The minimum atomic E-state index is -2.43. The largest absolute Gasteiger partial charge is 0.396 e. The number of rotatable bonds is 7. The fraction of sp³-hybridized carbons (Fsp3) is 1.00. The first kappa shape index (κ1) is 14.8. The highest BCUT2D eigenvalue weighted by atomic mass is 19.3. The fourth-order valence-corrected chi connectivity index (χ4v) is 2.26. The number of hydrogen-bond donors (Lipinski definition) is 2. The summed E-state index contributed by atoms with van der Waals surface area (Å²) < 4.78 is 30.1. The lowest BCUT2D eigenvalue weighted by molar-refractivity contribution is -0.0628. The van der Waals surface area contributed by atoms with E-state index in [-0.39, 0.29) is 26.3 Å². The average Bonchev–Trinajstić information content (AvgIpc) is 2.29. The number of alkyl halides is 2. The number of aliphatic hydroxyl groups is 2. The van der Waals surface area contributed by atoms with Crippen LogP contribution in [0.3, 0.4) is 0 Å². The summed E-state index contributed by atoms with van der Waals surface area (Å²) in [4.78, 5) is 1.50. The molecule has 0 aromatic carbocycles. The van der Waals surface area contributed by atoms with Gasteiger partial charge >= 0.3 is 0 Å². The molecule has 1 rings (SSSR count). The van der Waals surface area contributed by atoms with Crippen molar-refractivity contribution in [3.63, 3.8) is 0 Å². The van der Waals surface area contributed by atoms with Crippen molar-refractivity contribution < 1.29 is 23.7 Å². The number of nitrogens with zero attached hydrogens (tertiary/aromatic N) is 1. The first-order valence-corrected chi connectivity index (χ1v) is 5.92. The molecule has 1 saturated heterocycles.